The van der Waals surface area contributed by atoms with Crippen LogP contribution in [0.1, 0.15) is 18.1 Å². The first-order chi connectivity index (χ1) is 12.6. The molecular formula is C21H30N4O. The number of benzene rings is 2. The van der Waals surface area contributed by atoms with Crippen LogP contribution in [0.4, 0.5) is 5.69 Å². The van der Waals surface area contributed by atoms with Crippen molar-refractivity contribution in [1.82, 2.24) is 10.6 Å². The smallest absolute Gasteiger partial charge is 0.191 e. The van der Waals surface area contributed by atoms with E-state index in [-0.39, 0.29) is 0 Å². The molecule has 0 fully saturated rings. The number of aliphatic imine (C=N–C) groups is 1. The van der Waals surface area contributed by atoms with Crippen molar-refractivity contribution in [2.24, 2.45) is 4.99 Å². The normalized spacial score (nSPS) is 11.2. The molecule has 26 heavy (non-hydrogen) atoms. The Bertz CT molecular complexity index is 678. The van der Waals surface area contributed by atoms with Crippen molar-refractivity contribution in [1.29, 1.82) is 0 Å². The fourth-order valence-electron chi connectivity index (χ4n) is 2.53. The third-order valence-electron chi connectivity index (χ3n) is 4.08. The average molecular weight is 354 g/mol. The summed E-state index contributed by atoms with van der Waals surface area (Å²) in [6.07, 6.45) is 0.959. The second-order valence-electron chi connectivity index (χ2n) is 6.28. The van der Waals surface area contributed by atoms with Gasteiger partial charge >= 0.3 is 0 Å². The van der Waals surface area contributed by atoms with Gasteiger partial charge in [-0.25, -0.2) is 4.99 Å². The van der Waals surface area contributed by atoms with Crippen LogP contribution in [0.25, 0.3) is 0 Å². The van der Waals surface area contributed by atoms with Crippen molar-refractivity contribution >= 4 is 11.6 Å². The zero-order valence-corrected chi connectivity index (χ0v) is 16.2. The maximum absolute atomic E-state index is 5.19. The summed E-state index contributed by atoms with van der Waals surface area (Å²) in [5.74, 6) is 1.70. The van der Waals surface area contributed by atoms with E-state index in [1.807, 2.05) is 24.3 Å². The predicted molar refractivity (Wildman–Crippen MR) is 110 cm³/mol. The summed E-state index contributed by atoms with van der Waals surface area (Å²) in [5, 5.41) is 6.70. The summed E-state index contributed by atoms with van der Waals surface area (Å²) < 4.78 is 5.19. The highest BCUT2D eigenvalue weighted by atomic mass is 16.5. The van der Waals surface area contributed by atoms with Gasteiger partial charge in [0, 0.05) is 32.9 Å². The van der Waals surface area contributed by atoms with E-state index in [1.54, 1.807) is 7.11 Å². The fourth-order valence-corrected chi connectivity index (χ4v) is 2.53. The Morgan fingerprint density at radius 2 is 1.62 bits per heavy atom. The molecule has 0 amide bonds. The Kier molecular flexibility index (Phi) is 7.80. The highest BCUT2D eigenvalue weighted by molar-refractivity contribution is 5.79. The summed E-state index contributed by atoms with van der Waals surface area (Å²) in [5.41, 5.74) is 3.69. The highest BCUT2D eigenvalue weighted by Gasteiger charge is 2.00. The molecule has 140 valence electrons. The number of rotatable bonds is 8. The molecule has 0 aliphatic rings. The third-order valence-corrected chi connectivity index (χ3v) is 4.08. The van der Waals surface area contributed by atoms with Gasteiger partial charge in [-0.1, -0.05) is 24.3 Å². The predicted octanol–water partition coefficient (Wildman–Crippen LogP) is 3.06. The van der Waals surface area contributed by atoms with Crippen LogP contribution < -0.4 is 20.3 Å². The van der Waals surface area contributed by atoms with E-state index in [0.29, 0.717) is 6.54 Å². The lowest BCUT2D eigenvalue weighted by molar-refractivity contribution is 0.414. The molecule has 2 aromatic rings. The molecule has 0 saturated carbocycles. The molecule has 0 spiro atoms. The molecular weight excluding hydrogens is 324 g/mol. The molecule has 2 rings (SSSR count). The molecule has 2 aromatic carbocycles. The van der Waals surface area contributed by atoms with E-state index in [0.717, 1.165) is 36.8 Å². The Hall–Kier alpha value is -2.69. The largest absolute Gasteiger partial charge is 0.497 e. The summed E-state index contributed by atoms with van der Waals surface area (Å²) in [7, 11) is 5.78. The van der Waals surface area contributed by atoms with Gasteiger partial charge in [-0.2, -0.15) is 0 Å². The maximum Gasteiger partial charge on any atom is 0.191 e. The monoisotopic (exact) mass is 354 g/mol. The molecule has 0 aromatic heterocycles. The second kappa shape index (κ2) is 10.3. The van der Waals surface area contributed by atoms with E-state index in [9.17, 15) is 0 Å². The SMILES string of the molecule is CCNC(=NCc1ccc(OC)cc1)NCCc1ccc(N(C)C)cc1. The number of hydrogen-bond acceptors (Lipinski definition) is 3. The van der Waals surface area contributed by atoms with Crippen LogP contribution in [0.2, 0.25) is 0 Å². The summed E-state index contributed by atoms with van der Waals surface area (Å²) in [4.78, 5) is 6.76. The second-order valence-corrected chi connectivity index (χ2v) is 6.28. The van der Waals surface area contributed by atoms with Gasteiger partial charge in [0.25, 0.3) is 0 Å². The maximum atomic E-state index is 5.19. The summed E-state index contributed by atoms with van der Waals surface area (Å²) in [6, 6.07) is 16.7. The van der Waals surface area contributed by atoms with Gasteiger partial charge in [0.05, 0.1) is 13.7 Å². The summed E-state index contributed by atoms with van der Waals surface area (Å²) >= 11 is 0. The van der Waals surface area contributed by atoms with Crippen molar-refractivity contribution in [3.05, 3.63) is 59.7 Å². The van der Waals surface area contributed by atoms with Crippen LogP contribution in [0, 0.1) is 0 Å². The van der Waals surface area contributed by atoms with Gasteiger partial charge in [0.1, 0.15) is 5.75 Å². The molecule has 0 bridgehead atoms. The topological polar surface area (TPSA) is 48.9 Å². The lowest BCUT2D eigenvalue weighted by atomic mass is 10.1. The zero-order valence-electron chi connectivity index (χ0n) is 16.2. The Balaban J connectivity index is 1.86. The minimum atomic E-state index is 0.636. The molecule has 0 aliphatic heterocycles. The number of guanidine groups is 1. The molecule has 5 heteroatoms. The van der Waals surface area contributed by atoms with Crippen molar-refractivity contribution in [3.63, 3.8) is 0 Å². The van der Waals surface area contributed by atoms with E-state index in [2.05, 4.69) is 65.8 Å². The molecule has 0 aliphatic carbocycles. The molecule has 0 radical (unpaired) electrons. The van der Waals surface area contributed by atoms with Gasteiger partial charge in [0.15, 0.2) is 5.96 Å². The Morgan fingerprint density at radius 3 is 2.19 bits per heavy atom. The zero-order chi connectivity index (χ0) is 18.8. The van der Waals surface area contributed by atoms with Crippen LogP contribution in [0.5, 0.6) is 5.75 Å². The number of methoxy groups -OCH3 is 1. The Labute approximate surface area is 157 Å². The van der Waals surface area contributed by atoms with Crippen LogP contribution in [0.15, 0.2) is 53.5 Å². The minimum absolute atomic E-state index is 0.636. The number of ether oxygens (including phenoxy) is 1. The molecule has 0 unspecified atom stereocenters. The number of anilines is 1. The van der Waals surface area contributed by atoms with E-state index in [4.69, 9.17) is 4.74 Å². The summed E-state index contributed by atoms with van der Waals surface area (Å²) in [6.45, 7) is 4.39. The quantitative estimate of drug-likeness (QED) is 0.565. The molecule has 5 nitrogen and oxygen atoms in total. The van der Waals surface area contributed by atoms with Crippen molar-refractivity contribution in [2.45, 2.75) is 19.9 Å². The van der Waals surface area contributed by atoms with Crippen LogP contribution in [-0.4, -0.2) is 40.3 Å². The van der Waals surface area contributed by atoms with Gasteiger partial charge in [-0.15, -0.1) is 0 Å². The first kappa shape index (κ1) is 19.6. The number of hydrogen-bond donors (Lipinski definition) is 2. The standard InChI is InChI=1S/C21H30N4O/c1-5-22-21(24-16-18-8-12-20(26-4)13-9-18)23-15-14-17-6-10-19(11-7-17)25(2)3/h6-13H,5,14-16H2,1-4H3,(H2,22,23,24). The molecule has 0 saturated heterocycles. The number of nitrogens with zero attached hydrogens (tertiary/aromatic N) is 2. The van der Waals surface area contributed by atoms with Crippen LogP contribution >= 0.6 is 0 Å². The van der Waals surface area contributed by atoms with Crippen molar-refractivity contribution in [2.75, 3.05) is 39.2 Å². The van der Waals surface area contributed by atoms with E-state index >= 15 is 0 Å². The van der Waals surface area contributed by atoms with Crippen molar-refractivity contribution in [3.8, 4) is 5.75 Å². The molecule has 0 heterocycles. The van der Waals surface area contributed by atoms with Gasteiger partial charge < -0.3 is 20.3 Å². The molecule has 0 atom stereocenters. The fraction of sp³-hybridized carbons (Fsp3) is 0.381. The van der Waals surface area contributed by atoms with Crippen LogP contribution in [-0.2, 0) is 13.0 Å². The first-order valence-electron chi connectivity index (χ1n) is 9.03. The highest BCUT2D eigenvalue weighted by Crippen LogP contribution is 2.13. The van der Waals surface area contributed by atoms with Gasteiger partial charge in [-0.3, -0.25) is 0 Å². The van der Waals surface area contributed by atoms with E-state index in [1.165, 1.54) is 11.3 Å². The lowest BCUT2D eigenvalue weighted by Crippen LogP contribution is -2.38. The first-order valence-corrected chi connectivity index (χ1v) is 9.03. The van der Waals surface area contributed by atoms with Crippen molar-refractivity contribution < 1.29 is 4.74 Å². The van der Waals surface area contributed by atoms with Crippen LogP contribution in [0.3, 0.4) is 0 Å². The minimum Gasteiger partial charge on any atom is -0.497 e. The van der Waals surface area contributed by atoms with Gasteiger partial charge in [-0.05, 0) is 48.7 Å². The third kappa shape index (κ3) is 6.31. The lowest BCUT2D eigenvalue weighted by Gasteiger charge is -2.14. The average Bonchev–Trinajstić information content (AvgIpc) is 2.67. The van der Waals surface area contributed by atoms with Gasteiger partial charge in [0.2, 0.25) is 0 Å². The Morgan fingerprint density at radius 1 is 0.962 bits per heavy atom. The molecule has 2 N–H and O–H groups in total. The van der Waals surface area contributed by atoms with E-state index < -0.39 is 0 Å². The number of nitrogens with one attached hydrogen (secondary N) is 2.